The van der Waals surface area contributed by atoms with Crippen LogP contribution < -0.4 is 16.6 Å². The van der Waals surface area contributed by atoms with Gasteiger partial charge in [-0.3, -0.25) is 19.6 Å². The maximum Gasteiger partial charge on any atom is 0.327 e. The number of nitrogens with zero attached hydrogens (tertiary/aromatic N) is 2. The van der Waals surface area contributed by atoms with Gasteiger partial charge in [-0.15, -0.1) is 24.8 Å². The van der Waals surface area contributed by atoms with Gasteiger partial charge in [0.1, 0.15) is 11.3 Å². The van der Waals surface area contributed by atoms with Crippen molar-refractivity contribution in [2.75, 3.05) is 13.1 Å². The molecule has 0 spiro atoms. The summed E-state index contributed by atoms with van der Waals surface area (Å²) in [7, 11) is 0. The zero-order chi connectivity index (χ0) is 16.7. The van der Waals surface area contributed by atoms with Crippen LogP contribution >= 0.6 is 24.8 Å². The summed E-state index contributed by atoms with van der Waals surface area (Å²) in [4.78, 5) is 46.7. The molecule has 138 valence electrons. The van der Waals surface area contributed by atoms with Crippen molar-refractivity contribution in [1.82, 2.24) is 25.2 Å². The molecule has 1 saturated heterocycles. The Kier molecular flexibility index (Phi) is 6.75. The summed E-state index contributed by atoms with van der Waals surface area (Å²) in [6.45, 7) is 7.04. The summed E-state index contributed by atoms with van der Waals surface area (Å²) in [5, 5.41) is 3.61. The molecule has 3 N–H and O–H groups in total. The van der Waals surface area contributed by atoms with Crippen LogP contribution in [-0.2, 0) is 0 Å². The minimum absolute atomic E-state index is 0. The van der Waals surface area contributed by atoms with Crippen LogP contribution in [0.1, 0.15) is 29.9 Å². The first-order chi connectivity index (χ1) is 10.9. The average Bonchev–Trinajstić information content (AvgIpc) is 2.48. The normalized spacial score (nSPS) is 19.9. The van der Waals surface area contributed by atoms with Gasteiger partial charge in [0, 0.05) is 25.2 Å². The topological polar surface area (TPSA) is 111 Å². The standard InChI is InChI=1S/C15H19N5O3.2ClH/c1-7-6-10(14(22)20-5-4-16-8(2)9(20)3)17-12-11(7)13(21)19-15(23)18-12;;/h6,8-9,16H,4-5H2,1-3H3,(H2,17,18,19,21,23);2*1H. The molecule has 10 heteroatoms. The van der Waals surface area contributed by atoms with E-state index in [0.717, 1.165) is 6.54 Å². The van der Waals surface area contributed by atoms with Gasteiger partial charge in [0.15, 0.2) is 0 Å². The molecular formula is C15H21Cl2N5O3. The van der Waals surface area contributed by atoms with E-state index in [4.69, 9.17) is 0 Å². The Morgan fingerprint density at radius 1 is 1.24 bits per heavy atom. The Labute approximate surface area is 156 Å². The lowest BCUT2D eigenvalue weighted by Gasteiger charge is -2.38. The Bertz CT molecular complexity index is 895. The fourth-order valence-electron chi connectivity index (χ4n) is 2.95. The van der Waals surface area contributed by atoms with Gasteiger partial charge < -0.3 is 10.2 Å². The number of piperazine rings is 1. The number of amides is 1. The third-order valence-corrected chi connectivity index (χ3v) is 4.42. The molecule has 1 aliphatic heterocycles. The molecular weight excluding hydrogens is 369 g/mol. The number of carbonyl (C=O) groups excluding carboxylic acids is 1. The number of fused-ring (bicyclic) bond motifs is 1. The van der Waals surface area contributed by atoms with Crippen LogP contribution in [-0.4, -0.2) is 50.9 Å². The summed E-state index contributed by atoms with van der Waals surface area (Å²) in [6, 6.07) is 1.82. The highest BCUT2D eigenvalue weighted by molar-refractivity contribution is 5.95. The number of aromatic nitrogens is 3. The fraction of sp³-hybridized carbons (Fsp3) is 0.467. The van der Waals surface area contributed by atoms with Crippen LogP contribution in [0.3, 0.4) is 0 Å². The van der Waals surface area contributed by atoms with Crippen molar-refractivity contribution in [1.29, 1.82) is 0 Å². The zero-order valence-electron chi connectivity index (χ0n) is 14.1. The van der Waals surface area contributed by atoms with Crippen molar-refractivity contribution in [2.45, 2.75) is 32.9 Å². The maximum atomic E-state index is 12.8. The van der Waals surface area contributed by atoms with Crippen LogP contribution in [0.15, 0.2) is 15.7 Å². The fourth-order valence-corrected chi connectivity index (χ4v) is 2.95. The third-order valence-electron chi connectivity index (χ3n) is 4.42. The molecule has 0 bridgehead atoms. The molecule has 1 aliphatic rings. The first kappa shape index (κ1) is 21.1. The highest BCUT2D eigenvalue weighted by atomic mass is 35.5. The van der Waals surface area contributed by atoms with Crippen molar-refractivity contribution < 1.29 is 4.79 Å². The van der Waals surface area contributed by atoms with Gasteiger partial charge in [0.25, 0.3) is 11.5 Å². The van der Waals surface area contributed by atoms with Crippen LogP contribution in [0.2, 0.25) is 0 Å². The molecule has 0 radical (unpaired) electrons. The Hall–Kier alpha value is -1.90. The smallest absolute Gasteiger partial charge is 0.327 e. The minimum atomic E-state index is -0.636. The van der Waals surface area contributed by atoms with Gasteiger partial charge in [0.05, 0.1) is 5.39 Å². The molecule has 1 fully saturated rings. The predicted molar refractivity (Wildman–Crippen MR) is 100 cm³/mol. The second-order valence-electron chi connectivity index (χ2n) is 5.94. The van der Waals surface area contributed by atoms with E-state index < -0.39 is 11.2 Å². The molecule has 0 aliphatic carbocycles. The number of H-pyrrole nitrogens is 2. The number of nitrogens with one attached hydrogen (secondary N) is 3. The Balaban J connectivity index is 0.00000156. The van der Waals surface area contributed by atoms with E-state index >= 15 is 0 Å². The van der Waals surface area contributed by atoms with Gasteiger partial charge >= 0.3 is 5.69 Å². The highest BCUT2D eigenvalue weighted by Gasteiger charge is 2.29. The number of pyridine rings is 1. The third kappa shape index (κ3) is 3.86. The highest BCUT2D eigenvalue weighted by Crippen LogP contribution is 2.16. The molecule has 25 heavy (non-hydrogen) atoms. The average molecular weight is 390 g/mol. The van der Waals surface area contributed by atoms with Crippen molar-refractivity contribution in [3.63, 3.8) is 0 Å². The number of halogens is 2. The first-order valence-electron chi connectivity index (χ1n) is 7.57. The van der Waals surface area contributed by atoms with Gasteiger partial charge in [-0.1, -0.05) is 0 Å². The first-order valence-corrected chi connectivity index (χ1v) is 7.57. The number of carbonyl (C=O) groups is 1. The number of aryl methyl sites for hydroxylation is 1. The minimum Gasteiger partial charge on any atom is -0.332 e. The maximum absolute atomic E-state index is 12.8. The molecule has 2 unspecified atom stereocenters. The van der Waals surface area contributed by atoms with E-state index in [0.29, 0.717) is 17.5 Å². The van der Waals surface area contributed by atoms with Crippen molar-refractivity contribution in [3.05, 3.63) is 38.2 Å². The molecule has 1 amide bonds. The second kappa shape index (κ2) is 7.99. The molecule has 0 saturated carbocycles. The molecule has 3 heterocycles. The summed E-state index contributed by atoms with van der Waals surface area (Å²) < 4.78 is 0. The summed E-state index contributed by atoms with van der Waals surface area (Å²) in [5.41, 5.74) is -0.165. The van der Waals surface area contributed by atoms with E-state index in [9.17, 15) is 14.4 Å². The van der Waals surface area contributed by atoms with Crippen LogP contribution in [0.5, 0.6) is 0 Å². The van der Waals surface area contributed by atoms with Gasteiger partial charge in [-0.05, 0) is 32.4 Å². The van der Waals surface area contributed by atoms with E-state index in [-0.39, 0.29) is 54.1 Å². The number of rotatable bonds is 1. The van der Waals surface area contributed by atoms with Crippen LogP contribution in [0.4, 0.5) is 0 Å². The number of aromatic amines is 2. The summed E-state index contributed by atoms with van der Waals surface area (Å²) in [5.74, 6) is -0.197. The van der Waals surface area contributed by atoms with Crippen LogP contribution in [0.25, 0.3) is 11.0 Å². The van der Waals surface area contributed by atoms with Crippen molar-refractivity contribution in [2.24, 2.45) is 0 Å². The predicted octanol–water partition coefficient (Wildman–Crippen LogP) is 0.586. The quantitative estimate of drug-likeness (QED) is 0.660. The number of hydrogen-bond acceptors (Lipinski definition) is 5. The summed E-state index contributed by atoms with van der Waals surface area (Å²) >= 11 is 0. The zero-order valence-corrected chi connectivity index (χ0v) is 15.7. The van der Waals surface area contributed by atoms with Gasteiger partial charge in [0.2, 0.25) is 0 Å². The van der Waals surface area contributed by atoms with E-state index in [1.54, 1.807) is 17.9 Å². The van der Waals surface area contributed by atoms with E-state index in [1.807, 2.05) is 13.8 Å². The largest absolute Gasteiger partial charge is 0.332 e. The molecule has 2 aromatic heterocycles. The molecule has 3 rings (SSSR count). The van der Waals surface area contributed by atoms with Gasteiger partial charge in [-0.25, -0.2) is 9.78 Å². The van der Waals surface area contributed by atoms with Crippen molar-refractivity contribution in [3.8, 4) is 0 Å². The van der Waals surface area contributed by atoms with E-state index in [2.05, 4.69) is 20.3 Å². The van der Waals surface area contributed by atoms with Crippen molar-refractivity contribution >= 4 is 41.8 Å². The Morgan fingerprint density at radius 2 is 1.92 bits per heavy atom. The molecule has 0 aromatic carbocycles. The lowest BCUT2D eigenvalue weighted by molar-refractivity contribution is 0.0597. The van der Waals surface area contributed by atoms with Gasteiger partial charge in [-0.2, -0.15) is 0 Å². The molecule has 2 atom stereocenters. The Morgan fingerprint density at radius 3 is 2.60 bits per heavy atom. The summed E-state index contributed by atoms with van der Waals surface area (Å²) in [6.07, 6.45) is 0. The molecule has 2 aromatic rings. The van der Waals surface area contributed by atoms with Crippen LogP contribution in [0, 0.1) is 6.92 Å². The SMILES string of the molecule is Cc1cc(C(=O)N2CCNC(C)C2C)nc2[nH]c(=O)[nH]c(=O)c12.Cl.Cl. The number of hydrogen-bond donors (Lipinski definition) is 3. The molecule has 8 nitrogen and oxygen atoms in total. The lowest BCUT2D eigenvalue weighted by Crippen LogP contribution is -2.57. The monoisotopic (exact) mass is 389 g/mol. The lowest BCUT2D eigenvalue weighted by atomic mass is 10.1. The second-order valence-corrected chi connectivity index (χ2v) is 5.94. The van der Waals surface area contributed by atoms with E-state index in [1.165, 1.54) is 0 Å².